The molecule has 0 aliphatic heterocycles. The van der Waals surface area contributed by atoms with Crippen molar-refractivity contribution in [3.8, 4) is 0 Å². The van der Waals surface area contributed by atoms with Crippen LogP contribution in [0.3, 0.4) is 0 Å². The van der Waals surface area contributed by atoms with E-state index in [-0.39, 0.29) is 6.03 Å². The van der Waals surface area contributed by atoms with Gasteiger partial charge in [-0.3, -0.25) is 5.32 Å². The molecule has 76 valence electrons. The molecule has 0 spiro atoms. The summed E-state index contributed by atoms with van der Waals surface area (Å²) in [7, 11) is 0. The fraction of sp³-hybridized carbons (Fsp3) is 0.625. The van der Waals surface area contributed by atoms with E-state index in [2.05, 4.69) is 20.0 Å². The molecule has 2 rings (SSSR count). The van der Waals surface area contributed by atoms with Crippen molar-refractivity contribution in [3.63, 3.8) is 0 Å². The number of amides is 2. The van der Waals surface area contributed by atoms with Gasteiger partial charge in [0.15, 0.2) is 0 Å². The molecule has 1 aliphatic rings. The molecule has 2 N–H and O–H groups in total. The number of anilines is 1. The summed E-state index contributed by atoms with van der Waals surface area (Å²) in [6.45, 7) is 1.80. The normalized spacial score (nSPS) is 16.1. The van der Waals surface area contributed by atoms with Crippen molar-refractivity contribution in [1.82, 2.24) is 14.7 Å². The van der Waals surface area contributed by atoms with Gasteiger partial charge in [0.25, 0.3) is 0 Å². The second-order valence-corrected chi connectivity index (χ2v) is 4.12. The number of nitrogens with zero attached hydrogens (tertiary/aromatic N) is 2. The van der Waals surface area contributed by atoms with Crippen molar-refractivity contribution in [2.75, 3.05) is 5.32 Å². The maximum atomic E-state index is 11.3. The van der Waals surface area contributed by atoms with E-state index in [0.717, 1.165) is 12.8 Å². The number of carbonyl (C=O) groups is 1. The summed E-state index contributed by atoms with van der Waals surface area (Å²) in [6.07, 6.45) is 3.38. The molecule has 5 nitrogen and oxygen atoms in total. The van der Waals surface area contributed by atoms with Gasteiger partial charge in [0.1, 0.15) is 5.82 Å². The van der Waals surface area contributed by atoms with Crippen LogP contribution < -0.4 is 10.6 Å². The van der Waals surface area contributed by atoms with E-state index >= 15 is 0 Å². The Morgan fingerprint density at radius 1 is 1.57 bits per heavy atom. The van der Waals surface area contributed by atoms with Crippen LogP contribution in [-0.2, 0) is 0 Å². The van der Waals surface area contributed by atoms with Gasteiger partial charge in [0, 0.05) is 17.6 Å². The highest BCUT2D eigenvalue weighted by molar-refractivity contribution is 7.09. The van der Waals surface area contributed by atoms with E-state index in [1.54, 1.807) is 6.92 Å². The summed E-state index contributed by atoms with van der Waals surface area (Å²) in [6, 6.07) is 0.176. The van der Waals surface area contributed by atoms with Crippen molar-refractivity contribution in [3.05, 3.63) is 5.82 Å². The first kappa shape index (κ1) is 9.39. The quantitative estimate of drug-likeness (QED) is 0.781. The Hall–Kier alpha value is -1.17. The zero-order chi connectivity index (χ0) is 9.97. The first-order valence-electron chi connectivity index (χ1n) is 4.62. The molecule has 1 saturated carbocycles. The standard InChI is InChI=1S/C8H12N4OS/c1-5-9-8(14-12-5)11-7(13)10-6-3-2-4-6/h6H,2-4H2,1H3,(H2,9,10,11,12,13). The molecule has 0 bridgehead atoms. The van der Waals surface area contributed by atoms with Gasteiger partial charge in [-0.25, -0.2) is 9.78 Å². The van der Waals surface area contributed by atoms with Crippen molar-refractivity contribution in [2.45, 2.75) is 32.2 Å². The Kier molecular flexibility index (Phi) is 2.62. The van der Waals surface area contributed by atoms with Gasteiger partial charge >= 0.3 is 6.03 Å². The average Bonchev–Trinajstić information content (AvgIpc) is 2.44. The molecule has 0 saturated heterocycles. The summed E-state index contributed by atoms with van der Waals surface area (Å²) < 4.78 is 3.97. The highest BCUT2D eigenvalue weighted by Gasteiger charge is 2.19. The van der Waals surface area contributed by atoms with Crippen molar-refractivity contribution >= 4 is 22.7 Å². The monoisotopic (exact) mass is 212 g/mol. The van der Waals surface area contributed by atoms with Crippen LogP contribution in [0, 0.1) is 6.92 Å². The van der Waals surface area contributed by atoms with Crippen LogP contribution in [0.15, 0.2) is 0 Å². The van der Waals surface area contributed by atoms with Crippen LogP contribution in [0.5, 0.6) is 0 Å². The second-order valence-electron chi connectivity index (χ2n) is 3.37. The predicted octanol–water partition coefficient (Wildman–Crippen LogP) is 1.52. The Bertz CT molecular complexity index is 334. The lowest BCUT2D eigenvalue weighted by Gasteiger charge is -2.25. The number of hydrogen-bond acceptors (Lipinski definition) is 4. The molecule has 1 aromatic heterocycles. The van der Waals surface area contributed by atoms with E-state index in [9.17, 15) is 4.79 Å². The zero-order valence-corrected chi connectivity index (χ0v) is 8.73. The summed E-state index contributed by atoms with van der Waals surface area (Å²) in [5.74, 6) is 0.689. The Morgan fingerprint density at radius 3 is 2.86 bits per heavy atom. The molecule has 14 heavy (non-hydrogen) atoms. The molecule has 1 heterocycles. The van der Waals surface area contributed by atoms with Gasteiger partial charge in [-0.05, 0) is 26.2 Å². The van der Waals surface area contributed by atoms with Crippen LogP contribution in [0.25, 0.3) is 0 Å². The fourth-order valence-corrected chi connectivity index (χ4v) is 1.79. The SMILES string of the molecule is Cc1nsc(NC(=O)NC2CCC2)n1. The Labute approximate surface area is 86.1 Å². The van der Waals surface area contributed by atoms with E-state index in [0.29, 0.717) is 17.0 Å². The topological polar surface area (TPSA) is 66.9 Å². The number of aryl methyl sites for hydroxylation is 1. The van der Waals surface area contributed by atoms with E-state index in [4.69, 9.17) is 0 Å². The molecule has 0 unspecified atom stereocenters. The zero-order valence-electron chi connectivity index (χ0n) is 7.91. The highest BCUT2D eigenvalue weighted by Crippen LogP contribution is 2.18. The van der Waals surface area contributed by atoms with Crippen LogP contribution in [0.1, 0.15) is 25.1 Å². The predicted molar refractivity (Wildman–Crippen MR) is 54.4 cm³/mol. The maximum absolute atomic E-state index is 11.3. The van der Waals surface area contributed by atoms with Crippen molar-refractivity contribution in [1.29, 1.82) is 0 Å². The summed E-state index contributed by atoms with van der Waals surface area (Å²) >= 11 is 1.20. The third kappa shape index (κ3) is 2.20. The van der Waals surface area contributed by atoms with Crippen LogP contribution in [0.2, 0.25) is 0 Å². The minimum atomic E-state index is -0.175. The molecule has 1 aromatic rings. The minimum absolute atomic E-state index is 0.175. The molecule has 0 radical (unpaired) electrons. The van der Waals surface area contributed by atoms with Crippen LogP contribution >= 0.6 is 11.5 Å². The first-order valence-corrected chi connectivity index (χ1v) is 5.39. The number of hydrogen-bond donors (Lipinski definition) is 2. The molecule has 2 amide bonds. The number of carbonyl (C=O) groups excluding carboxylic acids is 1. The minimum Gasteiger partial charge on any atom is -0.335 e. The third-order valence-electron chi connectivity index (χ3n) is 2.19. The van der Waals surface area contributed by atoms with Gasteiger partial charge in [-0.1, -0.05) is 0 Å². The average molecular weight is 212 g/mol. The van der Waals surface area contributed by atoms with Crippen LogP contribution in [-0.4, -0.2) is 21.4 Å². The largest absolute Gasteiger partial charge is 0.335 e. The number of aromatic nitrogens is 2. The van der Waals surface area contributed by atoms with E-state index < -0.39 is 0 Å². The fourth-order valence-electron chi connectivity index (χ4n) is 1.22. The van der Waals surface area contributed by atoms with Gasteiger partial charge in [-0.15, -0.1) is 0 Å². The lowest BCUT2D eigenvalue weighted by atomic mass is 9.93. The maximum Gasteiger partial charge on any atom is 0.321 e. The molecule has 0 atom stereocenters. The van der Waals surface area contributed by atoms with Gasteiger partial charge in [0.2, 0.25) is 5.13 Å². The summed E-state index contributed by atoms with van der Waals surface area (Å²) in [5, 5.41) is 6.07. The third-order valence-corrected chi connectivity index (χ3v) is 2.91. The van der Waals surface area contributed by atoms with Gasteiger partial charge < -0.3 is 5.32 Å². The summed E-state index contributed by atoms with van der Waals surface area (Å²) in [5.41, 5.74) is 0. The van der Waals surface area contributed by atoms with E-state index in [1.165, 1.54) is 18.0 Å². The number of urea groups is 1. The molecular formula is C8H12N4OS. The lowest BCUT2D eigenvalue weighted by Crippen LogP contribution is -2.41. The van der Waals surface area contributed by atoms with E-state index in [1.807, 2.05) is 0 Å². The second kappa shape index (κ2) is 3.91. The van der Waals surface area contributed by atoms with Gasteiger partial charge in [0.05, 0.1) is 0 Å². The highest BCUT2D eigenvalue weighted by atomic mass is 32.1. The smallest absolute Gasteiger partial charge is 0.321 e. The molecule has 6 heteroatoms. The Balaban J connectivity index is 1.81. The number of nitrogens with one attached hydrogen (secondary N) is 2. The lowest BCUT2D eigenvalue weighted by molar-refractivity contribution is 0.240. The Morgan fingerprint density at radius 2 is 2.36 bits per heavy atom. The summed E-state index contributed by atoms with van der Waals surface area (Å²) in [4.78, 5) is 15.4. The molecule has 0 aromatic carbocycles. The molecule has 1 aliphatic carbocycles. The van der Waals surface area contributed by atoms with Crippen molar-refractivity contribution < 1.29 is 4.79 Å². The first-order chi connectivity index (χ1) is 6.74. The van der Waals surface area contributed by atoms with Crippen molar-refractivity contribution in [2.24, 2.45) is 0 Å². The van der Waals surface area contributed by atoms with Crippen LogP contribution in [0.4, 0.5) is 9.93 Å². The molecule has 1 fully saturated rings. The molecular weight excluding hydrogens is 200 g/mol. The number of rotatable bonds is 2. The van der Waals surface area contributed by atoms with Gasteiger partial charge in [-0.2, -0.15) is 4.37 Å².